The standard InChI is InChI=1S/C3H5Cl2OP/c1-3(6)2-7(4)5/h2H2,1H3. The third-order valence-corrected chi connectivity index (χ3v) is 1.74. The average Bonchev–Trinajstić information content (AvgIpc) is 1.27. The van der Waals surface area contributed by atoms with Gasteiger partial charge in [0, 0.05) is 0 Å². The number of Topliss-reactive ketones (excluding diaryl/α,β-unsaturated/α-hetero) is 1. The zero-order valence-electron chi connectivity index (χ0n) is 3.82. The van der Waals surface area contributed by atoms with Crippen LogP contribution in [0.15, 0.2) is 0 Å². The SMILES string of the molecule is CC(=O)CP(Cl)Cl. The molecule has 0 saturated heterocycles. The van der Waals surface area contributed by atoms with Crippen molar-refractivity contribution in [3.8, 4) is 0 Å². The molecule has 0 N–H and O–H groups in total. The van der Waals surface area contributed by atoms with Gasteiger partial charge in [0.25, 0.3) is 0 Å². The normalized spacial score (nSPS) is 9.71. The molecule has 7 heavy (non-hydrogen) atoms. The molecule has 0 spiro atoms. The van der Waals surface area contributed by atoms with Gasteiger partial charge in [0.05, 0.1) is 12.8 Å². The van der Waals surface area contributed by atoms with Crippen molar-refractivity contribution in [3.05, 3.63) is 0 Å². The molecule has 4 heteroatoms. The molecule has 0 aromatic carbocycles. The molecule has 0 aromatic rings. The molecule has 0 aliphatic heterocycles. The van der Waals surface area contributed by atoms with E-state index < -0.39 is 6.63 Å². The lowest BCUT2D eigenvalue weighted by atomic mass is 10.5. The predicted molar refractivity (Wildman–Crippen MR) is 34.2 cm³/mol. The minimum absolute atomic E-state index is 0.0520. The molecule has 0 radical (unpaired) electrons. The van der Waals surface area contributed by atoms with Gasteiger partial charge in [0.2, 0.25) is 0 Å². The molecular formula is C3H5Cl2OP. The van der Waals surface area contributed by atoms with Crippen molar-refractivity contribution >= 4 is 34.9 Å². The second kappa shape index (κ2) is 3.65. The van der Waals surface area contributed by atoms with Crippen molar-refractivity contribution in [3.63, 3.8) is 0 Å². The van der Waals surface area contributed by atoms with Crippen LogP contribution in [0.3, 0.4) is 0 Å². The van der Waals surface area contributed by atoms with Crippen LogP contribution >= 0.6 is 29.1 Å². The molecule has 0 heterocycles. The van der Waals surface area contributed by atoms with Gasteiger partial charge in [-0.05, 0) is 6.92 Å². The Morgan fingerprint density at radius 1 is 1.71 bits per heavy atom. The van der Waals surface area contributed by atoms with Crippen molar-refractivity contribution in [2.75, 3.05) is 6.16 Å². The molecule has 0 unspecified atom stereocenters. The van der Waals surface area contributed by atoms with Crippen LogP contribution in [0, 0.1) is 0 Å². The second-order valence-corrected chi connectivity index (χ2v) is 5.05. The van der Waals surface area contributed by atoms with E-state index in [4.69, 9.17) is 22.5 Å². The zero-order valence-corrected chi connectivity index (χ0v) is 6.22. The summed E-state index contributed by atoms with van der Waals surface area (Å²) in [5, 5.41) is 0. The van der Waals surface area contributed by atoms with E-state index in [0.717, 1.165) is 0 Å². The summed E-state index contributed by atoms with van der Waals surface area (Å²) < 4.78 is 0. The number of hydrogen-bond acceptors (Lipinski definition) is 1. The van der Waals surface area contributed by atoms with Crippen LogP contribution in [0.2, 0.25) is 0 Å². The molecule has 0 rings (SSSR count). The van der Waals surface area contributed by atoms with E-state index in [0.29, 0.717) is 6.16 Å². The summed E-state index contributed by atoms with van der Waals surface area (Å²) in [7, 11) is 0. The largest absolute Gasteiger partial charge is 0.300 e. The summed E-state index contributed by atoms with van der Waals surface area (Å²) >= 11 is 10.6. The van der Waals surface area contributed by atoms with E-state index in [-0.39, 0.29) is 5.78 Å². The Hall–Kier alpha value is 0.680. The maximum absolute atomic E-state index is 10.1. The van der Waals surface area contributed by atoms with Gasteiger partial charge < -0.3 is 0 Å². The smallest absolute Gasteiger partial charge is 0.136 e. The fraction of sp³-hybridized carbons (Fsp3) is 0.667. The topological polar surface area (TPSA) is 17.1 Å². The van der Waals surface area contributed by atoms with Gasteiger partial charge in [-0.1, -0.05) is 22.5 Å². The van der Waals surface area contributed by atoms with Crippen molar-refractivity contribution in [1.82, 2.24) is 0 Å². The highest BCUT2D eigenvalue weighted by atomic mass is 35.9. The third kappa shape index (κ3) is 6.68. The van der Waals surface area contributed by atoms with Crippen LogP contribution in [-0.4, -0.2) is 11.9 Å². The molecule has 0 aliphatic carbocycles. The quantitative estimate of drug-likeness (QED) is 0.565. The fourth-order valence-electron chi connectivity index (χ4n) is 0.168. The molecule has 0 aromatic heterocycles. The van der Waals surface area contributed by atoms with Gasteiger partial charge in [0.15, 0.2) is 0 Å². The van der Waals surface area contributed by atoms with Crippen LogP contribution in [0.1, 0.15) is 6.92 Å². The van der Waals surface area contributed by atoms with Gasteiger partial charge in [-0.2, -0.15) is 0 Å². The highest BCUT2D eigenvalue weighted by Crippen LogP contribution is 2.46. The van der Waals surface area contributed by atoms with Gasteiger partial charge in [-0.15, -0.1) is 0 Å². The Bertz CT molecular complexity index is 73.3. The molecule has 0 fully saturated rings. The second-order valence-electron chi connectivity index (χ2n) is 1.16. The maximum atomic E-state index is 10.1. The van der Waals surface area contributed by atoms with Gasteiger partial charge in [0.1, 0.15) is 5.78 Å². The van der Waals surface area contributed by atoms with Gasteiger partial charge >= 0.3 is 0 Å². The van der Waals surface area contributed by atoms with Crippen molar-refractivity contribution < 1.29 is 4.79 Å². The van der Waals surface area contributed by atoms with Crippen LogP contribution in [-0.2, 0) is 4.79 Å². The van der Waals surface area contributed by atoms with E-state index in [1.165, 1.54) is 6.92 Å². The summed E-state index contributed by atoms with van der Waals surface area (Å²) in [5.41, 5.74) is 0. The van der Waals surface area contributed by atoms with Crippen molar-refractivity contribution in [2.24, 2.45) is 0 Å². The molecule has 0 aliphatic rings. The first-order valence-electron chi connectivity index (χ1n) is 1.71. The van der Waals surface area contributed by atoms with Crippen LogP contribution in [0.4, 0.5) is 0 Å². The lowest BCUT2D eigenvalue weighted by Gasteiger charge is -1.90. The predicted octanol–water partition coefficient (Wildman–Crippen LogP) is 2.36. The van der Waals surface area contributed by atoms with Gasteiger partial charge in [-0.25, -0.2) is 0 Å². The fourth-order valence-corrected chi connectivity index (χ4v) is 1.51. The summed E-state index contributed by atoms with van der Waals surface area (Å²) in [6.45, 7) is 0.427. The van der Waals surface area contributed by atoms with Crippen LogP contribution in [0.25, 0.3) is 0 Å². The minimum atomic E-state index is -1.05. The Kier molecular flexibility index (Phi) is 4.01. The van der Waals surface area contributed by atoms with E-state index in [9.17, 15) is 4.79 Å². The molecule has 42 valence electrons. The summed E-state index contributed by atoms with van der Waals surface area (Å²) in [5.74, 6) is 0.0520. The first kappa shape index (κ1) is 7.68. The monoisotopic (exact) mass is 158 g/mol. The molecule has 0 amide bonds. The molecule has 0 saturated carbocycles. The van der Waals surface area contributed by atoms with Crippen LogP contribution in [0.5, 0.6) is 0 Å². The number of ketones is 1. The van der Waals surface area contributed by atoms with E-state index >= 15 is 0 Å². The number of carbonyl (C=O) groups excluding carboxylic acids is 1. The first-order chi connectivity index (χ1) is 3.13. The summed E-state index contributed by atoms with van der Waals surface area (Å²) in [6, 6.07) is 0. The molecule has 0 atom stereocenters. The highest BCUT2D eigenvalue weighted by Gasteiger charge is 2.00. The molecular weight excluding hydrogens is 154 g/mol. The summed E-state index contributed by atoms with van der Waals surface area (Å²) in [6.07, 6.45) is 0.318. The average molecular weight is 159 g/mol. The Balaban J connectivity index is 3.13. The van der Waals surface area contributed by atoms with Crippen LogP contribution < -0.4 is 0 Å². The first-order valence-corrected chi connectivity index (χ1v) is 5.05. The van der Waals surface area contributed by atoms with Crippen molar-refractivity contribution in [2.45, 2.75) is 6.92 Å². The lowest BCUT2D eigenvalue weighted by Crippen LogP contribution is -1.90. The van der Waals surface area contributed by atoms with Gasteiger partial charge in [-0.3, -0.25) is 4.79 Å². The third-order valence-electron chi connectivity index (χ3n) is 0.342. The van der Waals surface area contributed by atoms with E-state index in [1.54, 1.807) is 0 Å². The number of hydrogen-bond donors (Lipinski definition) is 0. The Labute approximate surface area is 53.3 Å². The maximum Gasteiger partial charge on any atom is 0.136 e. The Morgan fingerprint density at radius 3 is 2.14 bits per heavy atom. The Morgan fingerprint density at radius 2 is 2.14 bits per heavy atom. The van der Waals surface area contributed by atoms with Crippen molar-refractivity contribution in [1.29, 1.82) is 0 Å². The number of rotatable bonds is 2. The van der Waals surface area contributed by atoms with E-state index in [2.05, 4.69) is 0 Å². The lowest BCUT2D eigenvalue weighted by molar-refractivity contribution is -0.114. The van der Waals surface area contributed by atoms with E-state index in [1.807, 2.05) is 0 Å². The highest BCUT2D eigenvalue weighted by molar-refractivity contribution is 8.04. The minimum Gasteiger partial charge on any atom is -0.300 e. The zero-order chi connectivity index (χ0) is 5.86. The molecule has 1 nitrogen and oxygen atoms in total. The molecule has 0 bridgehead atoms. The number of halogens is 2. The number of carbonyl (C=O) groups is 1. The summed E-state index contributed by atoms with van der Waals surface area (Å²) in [4.78, 5) is 10.1.